The van der Waals surface area contributed by atoms with Gasteiger partial charge in [-0.15, -0.1) is 0 Å². The van der Waals surface area contributed by atoms with Crippen molar-refractivity contribution in [1.82, 2.24) is 5.32 Å². The van der Waals surface area contributed by atoms with Crippen LogP contribution >= 0.6 is 11.6 Å². The molecule has 2 nitrogen and oxygen atoms in total. The molecule has 0 spiro atoms. The molecule has 1 N–H and O–H groups in total. The van der Waals surface area contributed by atoms with E-state index in [1.165, 1.54) is 6.07 Å². The predicted octanol–water partition coefficient (Wildman–Crippen LogP) is 4.26. The Kier molecular flexibility index (Phi) is 4.13. The van der Waals surface area contributed by atoms with E-state index in [1.54, 1.807) is 12.1 Å². The Bertz CT molecular complexity index is 659. The number of ether oxygens (including phenoxy) is 1. The van der Waals surface area contributed by atoms with Crippen LogP contribution in [0.4, 0.5) is 4.39 Å². The zero-order valence-corrected chi connectivity index (χ0v) is 12.6. The second-order valence-corrected chi connectivity index (χ2v) is 5.75. The van der Waals surface area contributed by atoms with Gasteiger partial charge in [0.25, 0.3) is 0 Å². The van der Waals surface area contributed by atoms with Gasteiger partial charge in [-0.1, -0.05) is 23.7 Å². The van der Waals surface area contributed by atoms with Crippen LogP contribution < -0.4 is 10.1 Å². The van der Waals surface area contributed by atoms with E-state index in [1.807, 2.05) is 25.1 Å². The Morgan fingerprint density at radius 2 is 2.19 bits per heavy atom. The number of benzene rings is 2. The lowest BCUT2D eigenvalue weighted by atomic mass is 10.1. The molecule has 2 aromatic carbocycles. The van der Waals surface area contributed by atoms with Gasteiger partial charge in [0.1, 0.15) is 11.6 Å². The van der Waals surface area contributed by atoms with Gasteiger partial charge < -0.3 is 10.1 Å². The van der Waals surface area contributed by atoms with Crippen molar-refractivity contribution in [2.75, 3.05) is 6.61 Å². The standard InChI is InChI=1S/C17H17ClFNO/c1-11(12-3-2-4-16(19)9-12)20-10-14-8-15(18)7-13-5-6-21-17(13)14/h2-4,7-9,11,20H,5-6,10H2,1H3/t11-/m0/s1. The molecule has 0 saturated carbocycles. The number of rotatable bonds is 4. The lowest BCUT2D eigenvalue weighted by molar-refractivity contribution is 0.351. The normalized spacial score (nSPS) is 14.6. The number of hydrogen-bond donors (Lipinski definition) is 1. The quantitative estimate of drug-likeness (QED) is 0.911. The summed E-state index contributed by atoms with van der Waals surface area (Å²) in [4.78, 5) is 0. The molecule has 1 aliphatic heterocycles. The van der Waals surface area contributed by atoms with Gasteiger partial charge in [-0.2, -0.15) is 0 Å². The van der Waals surface area contributed by atoms with Crippen LogP contribution in [0.15, 0.2) is 36.4 Å². The van der Waals surface area contributed by atoms with Crippen molar-refractivity contribution in [3.05, 3.63) is 63.9 Å². The van der Waals surface area contributed by atoms with Crippen molar-refractivity contribution in [1.29, 1.82) is 0 Å². The highest BCUT2D eigenvalue weighted by molar-refractivity contribution is 6.30. The molecule has 1 heterocycles. The maximum Gasteiger partial charge on any atom is 0.127 e. The first-order chi connectivity index (χ1) is 10.1. The molecule has 0 bridgehead atoms. The minimum absolute atomic E-state index is 0.0525. The topological polar surface area (TPSA) is 21.3 Å². The summed E-state index contributed by atoms with van der Waals surface area (Å²) in [7, 11) is 0. The van der Waals surface area contributed by atoms with Crippen molar-refractivity contribution < 1.29 is 9.13 Å². The fourth-order valence-electron chi connectivity index (χ4n) is 2.63. The summed E-state index contributed by atoms with van der Waals surface area (Å²) in [5.74, 6) is 0.728. The minimum atomic E-state index is -0.215. The van der Waals surface area contributed by atoms with E-state index >= 15 is 0 Å². The highest BCUT2D eigenvalue weighted by Gasteiger charge is 2.18. The summed E-state index contributed by atoms with van der Waals surface area (Å²) in [5.41, 5.74) is 3.14. The minimum Gasteiger partial charge on any atom is -0.493 e. The molecular formula is C17H17ClFNO. The average molecular weight is 306 g/mol. The van der Waals surface area contributed by atoms with Crippen molar-refractivity contribution in [2.24, 2.45) is 0 Å². The molecule has 3 rings (SSSR count). The average Bonchev–Trinajstić information content (AvgIpc) is 2.92. The number of fused-ring (bicyclic) bond motifs is 1. The van der Waals surface area contributed by atoms with Crippen LogP contribution in [0.1, 0.15) is 29.7 Å². The summed E-state index contributed by atoms with van der Waals surface area (Å²) >= 11 is 6.15. The number of nitrogens with one attached hydrogen (secondary N) is 1. The van der Waals surface area contributed by atoms with Gasteiger partial charge in [-0.25, -0.2) is 4.39 Å². The summed E-state index contributed by atoms with van der Waals surface area (Å²) in [6.45, 7) is 3.36. The highest BCUT2D eigenvalue weighted by atomic mass is 35.5. The Balaban J connectivity index is 1.73. The Hall–Kier alpha value is -1.58. The molecule has 0 radical (unpaired) electrons. The third kappa shape index (κ3) is 3.20. The van der Waals surface area contributed by atoms with Crippen LogP contribution in [-0.4, -0.2) is 6.61 Å². The SMILES string of the molecule is C[C@H](NCc1cc(Cl)cc2c1OCC2)c1cccc(F)c1. The van der Waals surface area contributed by atoms with Crippen LogP contribution in [-0.2, 0) is 13.0 Å². The molecule has 0 unspecified atom stereocenters. The first-order valence-electron chi connectivity index (χ1n) is 7.06. The van der Waals surface area contributed by atoms with Gasteiger partial charge in [-0.05, 0) is 42.3 Å². The second kappa shape index (κ2) is 6.04. The van der Waals surface area contributed by atoms with Gasteiger partial charge in [0.05, 0.1) is 6.61 Å². The van der Waals surface area contributed by atoms with E-state index in [9.17, 15) is 4.39 Å². The fraction of sp³-hybridized carbons (Fsp3) is 0.294. The molecule has 0 aromatic heterocycles. The van der Waals surface area contributed by atoms with Gasteiger partial charge in [0.15, 0.2) is 0 Å². The zero-order chi connectivity index (χ0) is 14.8. The van der Waals surface area contributed by atoms with Crippen LogP contribution in [0.25, 0.3) is 0 Å². The Morgan fingerprint density at radius 3 is 3.00 bits per heavy atom. The summed E-state index contributed by atoms with van der Waals surface area (Å²) in [5, 5.41) is 4.13. The third-order valence-corrected chi connectivity index (χ3v) is 3.99. The fourth-order valence-corrected chi connectivity index (χ4v) is 2.90. The van der Waals surface area contributed by atoms with Crippen molar-refractivity contribution in [3.63, 3.8) is 0 Å². The monoisotopic (exact) mass is 305 g/mol. The molecule has 0 amide bonds. The zero-order valence-electron chi connectivity index (χ0n) is 11.8. The van der Waals surface area contributed by atoms with E-state index in [2.05, 4.69) is 5.32 Å². The van der Waals surface area contributed by atoms with Crippen molar-refractivity contribution in [3.8, 4) is 5.75 Å². The maximum absolute atomic E-state index is 13.3. The smallest absolute Gasteiger partial charge is 0.127 e. The van der Waals surface area contributed by atoms with Crippen LogP contribution in [0.2, 0.25) is 5.02 Å². The van der Waals surface area contributed by atoms with Crippen molar-refractivity contribution in [2.45, 2.75) is 25.9 Å². The summed E-state index contributed by atoms with van der Waals surface area (Å²) in [6, 6.07) is 10.6. The first-order valence-corrected chi connectivity index (χ1v) is 7.44. The molecule has 1 aliphatic rings. The Morgan fingerprint density at radius 1 is 1.33 bits per heavy atom. The highest BCUT2D eigenvalue weighted by Crippen LogP contribution is 2.33. The molecule has 4 heteroatoms. The van der Waals surface area contributed by atoms with Gasteiger partial charge in [0.2, 0.25) is 0 Å². The van der Waals surface area contributed by atoms with Gasteiger partial charge in [-0.3, -0.25) is 0 Å². The van der Waals surface area contributed by atoms with E-state index in [4.69, 9.17) is 16.3 Å². The van der Waals surface area contributed by atoms with E-state index in [0.29, 0.717) is 13.2 Å². The van der Waals surface area contributed by atoms with Crippen LogP contribution in [0.5, 0.6) is 5.75 Å². The predicted molar refractivity (Wildman–Crippen MR) is 82.3 cm³/mol. The van der Waals surface area contributed by atoms with E-state index < -0.39 is 0 Å². The van der Waals surface area contributed by atoms with Gasteiger partial charge in [0, 0.05) is 29.6 Å². The Labute approximate surface area is 128 Å². The lowest BCUT2D eigenvalue weighted by Crippen LogP contribution is -2.18. The van der Waals surface area contributed by atoms with E-state index in [-0.39, 0.29) is 11.9 Å². The van der Waals surface area contributed by atoms with Gasteiger partial charge >= 0.3 is 0 Å². The van der Waals surface area contributed by atoms with E-state index in [0.717, 1.165) is 33.9 Å². The molecule has 1 atom stereocenters. The summed E-state index contributed by atoms with van der Waals surface area (Å²) in [6.07, 6.45) is 0.905. The molecular weight excluding hydrogens is 289 g/mol. The third-order valence-electron chi connectivity index (χ3n) is 3.77. The first kappa shape index (κ1) is 14.4. The molecule has 0 fully saturated rings. The van der Waals surface area contributed by atoms with Crippen molar-refractivity contribution >= 4 is 11.6 Å². The number of halogens is 2. The summed E-state index contributed by atoms with van der Waals surface area (Å²) < 4.78 is 18.9. The van der Waals surface area contributed by atoms with Crippen LogP contribution in [0.3, 0.4) is 0 Å². The lowest BCUT2D eigenvalue weighted by Gasteiger charge is -2.16. The molecule has 21 heavy (non-hydrogen) atoms. The van der Waals surface area contributed by atoms with Crippen LogP contribution in [0, 0.1) is 5.82 Å². The molecule has 110 valence electrons. The second-order valence-electron chi connectivity index (χ2n) is 5.31. The maximum atomic E-state index is 13.3. The molecule has 0 aliphatic carbocycles. The largest absolute Gasteiger partial charge is 0.493 e. The molecule has 2 aromatic rings. The molecule has 0 saturated heterocycles. The number of hydrogen-bond acceptors (Lipinski definition) is 2.